The molecule has 4 rings (SSSR count). The number of ketones is 1. The molecular weight excluding hydrogens is 298 g/mol. The summed E-state index contributed by atoms with van der Waals surface area (Å²) in [7, 11) is 0. The highest BCUT2D eigenvalue weighted by atomic mass is 35.5. The van der Waals surface area contributed by atoms with Crippen LogP contribution in [-0.4, -0.2) is 11.7 Å². The molecule has 0 saturated heterocycles. The Morgan fingerprint density at radius 2 is 1.45 bits per heavy atom. The predicted molar refractivity (Wildman–Crippen MR) is 86.9 cm³/mol. The number of nitrogens with zero attached hydrogens (tertiary/aromatic N) is 1. The van der Waals surface area contributed by atoms with Gasteiger partial charge >= 0.3 is 5.91 Å². The van der Waals surface area contributed by atoms with Crippen LogP contribution in [-0.2, 0) is 4.79 Å². The van der Waals surface area contributed by atoms with Gasteiger partial charge in [0.2, 0.25) is 0 Å². The number of Topliss-reactive ketones (excluding diaryl/α,β-unsaturated/α-hetero) is 1. The molecule has 0 saturated carbocycles. The van der Waals surface area contributed by atoms with E-state index in [1.807, 2.05) is 42.5 Å². The van der Waals surface area contributed by atoms with Crippen LogP contribution in [0, 0.1) is 0 Å². The Balaban J connectivity index is 2.03. The van der Waals surface area contributed by atoms with Crippen LogP contribution in [0.3, 0.4) is 0 Å². The number of anilines is 2. The molecule has 0 spiro atoms. The smallest absolute Gasteiger partial charge is 0.283 e. The van der Waals surface area contributed by atoms with Crippen molar-refractivity contribution in [2.75, 3.05) is 4.90 Å². The minimum atomic E-state index is -0.570. The first-order chi connectivity index (χ1) is 10.7. The maximum atomic E-state index is 12.5. The monoisotopic (exact) mass is 307 g/mol. The number of hydrogen-bond acceptors (Lipinski definition) is 2. The largest absolute Gasteiger partial charge is 0.304 e. The predicted octanol–water partition coefficient (Wildman–Crippen LogP) is 4.35. The topological polar surface area (TPSA) is 37.4 Å². The van der Waals surface area contributed by atoms with Crippen LogP contribution in [0.2, 0.25) is 5.02 Å². The average molecular weight is 308 g/mol. The number of halogens is 1. The number of fused-ring (bicyclic) bond motifs is 2. The SMILES string of the molecule is O=C1C(=O)N(c2cccc3ccccc23)c2cccc(Cl)c21. The first-order valence-electron chi connectivity index (χ1n) is 6.83. The van der Waals surface area contributed by atoms with E-state index in [9.17, 15) is 9.59 Å². The lowest BCUT2D eigenvalue weighted by Gasteiger charge is -2.18. The van der Waals surface area contributed by atoms with Crippen LogP contribution < -0.4 is 4.90 Å². The molecule has 0 aliphatic carbocycles. The third-order valence-electron chi connectivity index (χ3n) is 3.86. The van der Waals surface area contributed by atoms with Crippen molar-refractivity contribution in [3.63, 3.8) is 0 Å². The minimum Gasteiger partial charge on any atom is -0.283 e. The standard InChI is InChI=1S/C18H10ClNO2/c19-13-8-4-10-15-16(13)17(21)18(22)20(15)14-9-3-6-11-5-1-2-7-12(11)14/h1-10H. The van der Waals surface area contributed by atoms with Gasteiger partial charge in [-0.1, -0.05) is 54.1 Å². The van der Waals surface area contributed by atoms with Gasteiger partial charge < -0.3 is 0 Å². The summed E-state index contributed by atoms with van der Waals surface area (Å²) < 4.78 is 0. The van der Waals surface area contributed by atoms with Crippen LogP contribution >= 0.6 is 11.6 Å². The normalized spacial score (nSPS) is 13.8. The second-order valence-electron chi connectivity index (χ2n) is 5.10. The third-order valence-corrected chi connectivity index (χ3v) is 4.18. The second-order valence-corrected chi connectivity index (χ2v) is 5.51. The number of benzene rings is 3. The van der Waals surface area contributed by atoms with E-state index < -0.39 is 11.7 Å². The fourth-order valence-electron chi connectivity index (χ4n) is 2.88. The summed E-state index contributed by atoms with van der Waals surface area (Å²) in [5, 5.41) is 2.23. The Labute approximate surface area is 131 Å². The van der Waals surface area contributed by atoms with E-state index in [0.717, 1.165) is 10.8 Å². The van der Waals surface area contributed by atoms with Crippen LogP contribution in [0.5, 0.6) is 0 Å². The van der Waals surface area contributed by atoms with Crippen LogP contribution in [0.4, 0.5) is 11.4 Å². The first-order valence-corrected chi connectivity index (χ1v) is 7.21. The van der Waals surface area contributed by atoms with E-state index in [0.29, 0.717) is 16.4 Å². The molecule has 0 unspecified atom stereocenters. The molecule has 0 fully saturated rings. The van der Waals surface area contributed by atoms with Crippen molar-refractivity contribution in [2.45, 2.75) is 0 Å². The van der Waals surface area contributed by atoms with Gasteiger partial charge in [0.05, 0.1) is 22.0 Å². The first kappa shape index (κ1) is 13.0. The molecule has 0 bridgehead atoms. The molecule has 0 aromatic heterocycles. The lowest BCUT2D eigenvalue weighted by Crippen LogP contribution is -2.25. The summed E-state index contributed by atoms with van der Waals surface area (Å²) in [4.78, 5) is 26.2. The second kappa shape index (κ2) is 4.68. The Hall–Kier alpha value is -2.65. The van der Waals surface area contributed by atoms with Gasteiger partial charge in [-0.3, -0.25) is 14.5 Å². The number of carbonyl (C=O) groups excluding carboxylic acids is 2. The zero-order valence-electron chi connectivity index (χ0n) is 11.4. The summed E-state index contributed by atoms with van der Waals surface area (Å²) in [5.41, 5.74) is 1.51. The molecule has 3 aromatic carbocycles. The molecule has 3 aromatic rings. The Bertz CT molecular complexity index is 943. The Kier molecular flexibility index (Phi) is 2.78. The molecule has 1 aliphatic heterocycles. The summed E-state index contributed by atoms with van der Waals surface area (Å²) in [6, 6.07) is 18.5. The zero-order valence-corrected chi connectivity index (χ0v) is 12.2. The van der Waals surface area contributed by atoms with Crippen molar-refractivity contribution in [3.8, 4) is 0 Å². The van der Waals surface area contributed by atoms with E-state index in [-0.39, 0.29) is 5.56 Å². The van der Waals surface area contributed by atoms with Crippen LogP contribution in [0.25, 0.3) is 10.8 Å². The van der Waals surface area contributed by atoms with Crippen LogP contribution in [0.15, 0.2) is 60.7 Å². The highest BCUT2D eigenvalue weighted by Gasteiger charge is 2.38. The summed E-state index contributed by atoms with van der Waals surface area (Å²) in [6.45, 7) is 0. The van der Waals surface area contributed by atoms with E-state index in [2.05, 4.69) is 0 Å². The summed E-state index contributed by atoms with van der Waals surface area (Å²) >= 11 is 6.10. The minimum absolute atomic E-state index is 0.280. The molecule has 0 N–H and O–H groups in total. The summed E-state index contributed by atoms with van der Waals surface area (Å²) in [5.74, 6) is -1.13. The molecular formula is C18H10ClNO2. The van der Waals surface area contributed by atoms with E-state index in [4.69, 9.17) is 11.6 Å². The van der Waals surface area contributed by atoms with Crippen molar-refractivity contribution < 1.29 is 9.59 Å². The molecule has 0 radical (unpaired) electrons. The molecule has 1 aliphatic rings. The van der Waals surface area contributed by atoms with Gasteiger partial charge in [0.1, 0.15) is 0 Å². The molecule has 106 valence electrons. The number of amides is 1. The molecule has 3 nitrogen and oxygen atoms in total. The molecule has 4 heteroatoms. The van der Waals surface area contributed by atoms with Gasteiger partial charge in [0, 0.05) is 5.39 Å². The number of carbonyl (C=O) groups is 2. The van der Waals surface area contributed by atoms with Crippen molar-refractivity contribution in [3.05, 3.63) is 71.2 Å². The molecule has 0 atom stereocenters. The quantitative estimate of drug-likeness (QED) is 0.627. The maximum absolute atomic E-state index is 12.5. The Morgan fingerprint density at radius 1 is 0.773 bits per heavy atom. The lowest BCUT2D eigenvalue weighted by atomic mass is 10.1. The number of hydrogen-bond donors (Lipinski definition) is 0. The zero-order chi connectivity index (χ0) is 15.3. The van der Waals surface area contributed by atoms with Crippen molar-refractivity contribution in [2.24, 2.45) is 0 Å². The van der Waals surface area contributed by atoms with Gasteiger partial charge in [-0.2, -0.15) is 0 Å². The fraction of sp³-hybridized carbons (Fsp3) is 0. The van der Waals surface area contributed by atoms with Gasteiger partial charge in [-0.05, 0) is 23.6 Å². The van der Waals surface area contributed by atoms with Gasteiger partial charge in [-0.15, -0.1) is 0 Å². The van der Waals surface area contributed by atoms with E-state index in [1.54, 1.807) is 18.2 Å². The maximum Gasteiger partial charge on any atom is 0.304 e. The van der Waals surface area contributed by atoms with Gasteiger partial charge in [0.15, 0.2) is 0 Å². The van der Waals surface area contributed by atoms with Crippen molar-refractivity contribution in [1.29, 1.82) is 0 Å². The third kappa shape index (κ3) is 1.69. The van der Waals surface area contributed by atoms with Crippen molar-refractivity contribution >= 4 is 45.4 Å². The fourth-order valence-corrected chi connectivity index (χ4v) is 3.14. The van der Waals surface area contributed by atoms with E-state index in [1.165, 1.54) is 4.90 Å². The molecule has 1 amide bonds. The van der Waals surface area contributed by atoms with E-state index >= 15 is 0 Å². The highest BCUT2D eigenvalue weighted by molar-refractivity contribution is 6.56. The van der Waals surface area contributed by atoms with Crippen LogP contribution in [0.1, 0.15) is 10.4 Å². The van der Waals surface area contributed by atoms with Gasteiger partial charge in [-0.25, -0.2) is 0 Å². The van der Waals surface area contributed by atoms with Crippen molar-refractivity contribution in [1.82, 2.24) is 0 Å². The summed E-state index contributed by atoms with van der Waals surface area (Å²) in [6.07, 6.45) is 0. The van der Waals surface area contributed by atoms with Gasteiger partial charge in [0.25, 0.3) is 5.78 Å². The Morgan fingerprint density at radius 3 is 2.32 bits per heavy atom. The molecule has 22 heavy (non-hydrogen) atoms. The average Bonchev–Trinajstić information content (AvgIpc) is 2.79. The lowest BCUT2D eigenvalue weighted by molar-refractivity contribution is -0.113. The number of rotatable bonds is 1. The molecule has 1 heterocycles. The highest BCUT2D eigenvalue weighted by Crippen LogP contribution is 2.41.